The van der Waals surface area contributed by atoms with Gasteiger partial charge in [-0.25, -0.2) is 12.8 Å². The molecule has 1 aliphatic heterocycles. The highest BCUT2D eigenvalue weighted by atomic mass is 32.2. The molecule has 0 saturated carbocycles. The second-order valence-corrected chi connectivity index (χ2v) is 7.36. The Labute approximate surface area is 133 Å². The van der Waals surface area contributed by atoms with Gasteiger partial charge in [0.2, 0.25) is 10.0 Å². The first kappa shape index (κ1) is 18.0. The van der Waals surface area contributed by atoms with Crippen molar-refractivity contribution in [1.29, 1.82) is 0 Å². The summed E-state index contributed by atoms with van der Waals surface area (Å²) in [6.07, 6.45) is 2.33. The first-order valence-electron chi connectivity index (χ1n) is 7.29. The third-order valence-corrected chi connectivity index (χ3v) is 5.67. The number of hydrogen-bond acceptors (Lipinski definition) is 4. The zero-order valence-corrected chi connectivity index (χ0v) is 13.2. The van der Waals surface area contributed by atoms with Crippen LogP contribution in [0.2, 0.25) is 0 Å². The Kier molecular flexibility index (Phi) is 5.88. The molecule has 1 aliphatic rings. The van der Waals surface area contributed by atoms with Crippen molar-refractivity contribution < 1.29 is 26.3 Å². The standard InChI is InChI=1S/C14H19F3N2O3S/c15-12-8-11(3-4-13(12)22-14(16)17)23(20,21)19-7-1-2-10(9-19)5-6-18/h3-4,8,10,14H,1-2,5-7,9,18H2. The van der Waals surface area contributed by atoms with Crippen LogP contribution in [0, 0.1) is 11.7 Å². The molecule has 1 saturated heterocycles. The van der Waals surface area contributed by atoms with E-state index in [-0.39, 0.29) is 10.8 Å². The summed E-state index contributed by atoms with van der Waals surface area (Å²) < 4.78 is 68.4. The molecule has 1 fully saturated rings. The smallest absolute Gasteiger partial charge is 0.387 e. The first-order chi connectivity index (χ1) is 10.8. The zero-order chi connectivity index (χ0) is 17.0. The molecule has 1 unspecified atom stereocenters. The lowest BCUT2D eigenvalue weighted by Crippen LogP contribution is -2.40. The third-order valence-electron chi connectivity index (χ3n) is 3.81. The van der Waals surface area contributed by atoms with Crippen molar-refractivity contribution in [2.45, 2.75) is 30.8 Å². The van der Waals surface area contributed by atoms with Gasteiger partial charge in [-0.05, 0) is 49.9 Å². The molecule has 9 heteroatoms. The van der Waals surface area contributed by atoms with Crippen LogP contribution >= 0.6 is 0 Å². The van der Waals surface area contributed by atoms with E-state index in [1.54, 1.807) is 0 Å². The van der Waals surface area contributed by atoms with Crippen LogP contribution in [0.4, 0.5) is 13.2 Å². The van der Waals surface area contributed by atoms with Gasteiger partial charge in [-0.1, -0.05) is 0 Å². The van der Waals surface area contributed by atoms with Crippen molar-refractivity contribution in [1.82, 2.24) is 4.31 Å². The fourth-order valence-electron chi connectivity index (χ4n) is 2.70. The van der Waals surface area contributed by atoms with Crippen LogP contribution in [-0.4, -0.2) is 39.0 Å². The van der Waals surface area contributed by atoms with Crippen molar-refractivity contribution in [3.05, 3.63) is 24.0 Å². The maximum Gasteiger partial charge on any atom is 0.387 e. The van der Waals surface area contributed by atoms with Gasteiger partial charge in [0.15, 0.2) is 11.6 Å². The molecular formula is C14H19F3N2O3S. The zero-order valence-electron chi connectivity index (χ0n) is 12.4. The minimum atomic E-state index is -3.87. The number of alkyl halides is 2. The molecule has 1 aromatic carbocycles. The van der Waals surface area contributed by atoms with Crippen LogP contribution in [0.1, 0.15) is 19.3 Å². The van der Waals surface area contributed by atoms with Gasteiger partial charge in [0, 0.05) is 13.1 Å². The number of hydrogen-bond donors (Lipinski definition) is 1. The fourth-order valence-corrected chi connectivity index (χ4v) is 4.27. The van der Waals surface area contributed by atoms with Gasteiger partial charge in [-0.3, -0.25) is 0 Å². The molecule has 23 heavy (non-hydrogen) atoms. The van der Waals surface area contributed by atoms with Crippen molar-refractivity contribution >= 4 is 10.0 Å². The predicted molar refractivity (Wildman–Crippen MR) is 78.2 cm³/mol. The summed E-state index contributed by atoms with van der Waals surface area (Å²) in [5, 5.41) is 0. The number of piperidine rings is 1. The summed E-state index contributed by atoms with van der Waals surface area (Å²) in [4.78, 5) is -0.273. The van der Waals surface area contributed by atoms with Gasteiger partial charge in [-0.2, -0.15) is 13.1 Å². The van der Waals surface area contributed by atoms with E-state index in [1.165, 1.54) is 4.31 Å². The van der Waals surface area contributed by atoms with E-state index in [4.69, 9.17) is 5.73 Å². The van der Waals surface area contributed by atoms with Gasteiger partial charge < -0.3 is 10.5 Å². The SMILES string of the molecule is NCCC1CCCN(S(=O)(=O)c2ccc(OC(F)F)c(F)c2)C1. The highest BCUT2D eigenvalue weighted by molar-refractivity contribution is 7.89. The molecule has 0 radical (unpaired) electrons. The normalized spacial score (nSPS) is 20.0. The number of nitrogens with two attached hydrogens (primary N) is 1. The molecule has 130 valence electrons. The van der Waals surface area contributed by atoms with Crippen molar-refractivity contribution in [2.75, 3.05) is 19.6 Å². The second kappa shape index (κ2) is 7.50. The number of ether oxygens (including phenoxy) is 1. The lowest BCUT2D eigenvalue weighted by Gasteiger charge is -2.31. The average Bonchev–Trinajstić information content (AvgIpc) is 2.49. The summed E-state index contributed by atoms with van der Waals surface area (Å²) in [6.45, 7) is -2.02. The van der Waals surface area contributed by atoms with E-state index in [0.29, 0.717) is 32.1 Å². The van der Waals surface area contributed by atoms with E-state index in [0.717, 1.165) is 25.0 Å². The van der Waals surface area contributed by atoms with E-state index in [2.05, 4.69) is 4.74 Å². The Morgan fingerprint density at radius 1 is 1.39 bits per heavy atom. The molecule has 2 rings (SSSR count). The van der Waals surface area contributed by atoms with Crippen molar-refractivity contribution in [3.63, 3.8) is 0 Å². The molecule has 0 aliphatic carbocycles. The van der Waals surface area contributed by atoms with Crippen LogP contribution in [0.25, 0.3) is 0 Å². The lowest BCUT2D eigenvalue weighted by molar-refractivity contribution is -0.0522. The van der Waals surface area contributed by atoms with Crippen molar-refractivity contribution in [3.8, 4) is 5.75 Å². The predicted octanol–water partition coefficient (Wildman–Crippen LogP) is 2.18. The molecule has 0 spiro atoms. The number of nitrogens with zero attached hydrogens (tertiary/aromatic N) is 1. The maximum absolute atomic E-state index is 13.7. The van der Waals surface area contributed by atoms with Gasteiger partial charge in [0.25, 0.3) is 0 Å². The Bertz CT molecular complexity index is 638. The maximum atomic E-state index is 13.7. The molecule has 2 N–H and O–H groups in total. The fraction of sp³-hybridized carbons (Fsp3) is 0.571. The quantitative estimate of drug-likeness (QED) is 0.852. The Morgan fingerprint density at radius 3 is 2.74 bits per heavy atom. The van der Waals surface area contributed by atoms with E-state index in [1.807, 2.05) is 0 Å². The molecule has 0 aromatic heterocycles. The minimum Gasteiger partial charge on any atom is -0.432 e. The van der Waals surface area contributed by atoms with E-state index in [9.17, 15) is 21.6 Å². The Morgan fingerprint density at radius 2 is 2.13 bits per heavy atom. The van der Waals surface area contributed by atoms with Gasteiger partial charge in [0.05, 0.1) is 4.90 Å². The molecular weight excluding hydrogens is 333 g/mol. The average molecular weight is 352 g/mol. The van der Waals surface area contributed by atoms with Crippen LogP contribution in [0.15, 0.2) is 23.1 Å². The summed E-state index contributed by atoms with van der Waals surface area (Å²) in [6, 6.07) is 2.68. The molecule has 0 amide bonds. The highest BCUT2D eigenvalue weighted by Gasteiger charge is 2.30. The second-order valence-electron chi connectivity index (χ2n) is 5.42. The topological polar surface area (TPSA) is 72.6 Å². The number of halogens is 3. The first-order valence-corrected chi connectivity index (χ1v) is 8.73. The lowest BCUT2D eigenvalue weighted by atomic mass is 9.96. The van der Waals surface area contributed by atoms with Crippen molar-refractivity contribution in [2.24, 2.45) is 11.7 Å². The Balaban J connectivity index is 2.20. The molecule has 1 heterocycles. The van der Waals surface area contributed by atoms with Gasteiger partial charge >= 0.3 is 6.61 Å². The van der Waals surface area contributed by atoms with Crippen LogP contribution < -0.4 is 10.5 Å². The minimum absolute atomic E-state index is 0.176. The highest BCUT2D eigenvalue weighted by Crippen LogP contribution is 2.28. The largest absolute Gasteiger partial charge is 0.432 e. The van der Waals surface area contributed by atoms with E-state index >= 15 is 0 Å². The summed E-state index contributed by atoms with van der Waals surface area (Å²) in [5.74, 6) is -1.64. The van der Waals surface area contributed by atoms with E-state index < -0.39 is 28.2 Å². The molecule has 0 bridgehead atoms. The van der Waals surface area contributed by atoms with Gasteiger partial charge in [0.1, 0.15) is 0 Å². The van der Waals surface area contributed by atoms with Crippen LogP contribution in [0.3, 0.4) is 0 Å². The molecule has 1 aromatic rings. The summed E-state index contributed by atoms with van der Waals surface area (Å²) >= 11 is 0. The molecule has 5 nitrogen and oxygen atoms in total. The summed E-state index contributed by atoms with van der Waals surface area (Å²) in [5.41, 5.74) is 5.51. The van der Waals surface area contributed by atoms with Crippen LogP contribution in [0.5, 0.6) is 5.75 Å². The number of benzene rings is 1. The number of rotatable bonds is 6. The van der Waals surface area contributed by atoms with Gasteiger partial charge in [-0.15, -0.1) is 0 Å². The van der Waals surface area contributed by atoms with Crippen LogP contribution in [-0.2, 0) is 10.0 Å². The monoisotopic (exact) mass is 352 g/mol. The number of sulfonamides is 1. The summed E-state index contributed by atoms with van der Waals surface area (Å²) in [7, 11) is -3.87. The Hall–Kier alpha value is -1.32. The molecule has 1 atom stereocenters. The third kappa shape index (κ3) is 4.36.